The minimum Gasteiger partial charge on any atom is -0.457 e. The summed E-state index contributed by atoms with van der Waals surface area (Å²) in [6.45, 7) is 7.34. The molecule has 5 heteroatoms. The SMILES string of the molecule is CC(C)(C)c1ccnc(-n2c3ccccc3c3ccc(Oc4cccc(N5CN(c6c(-c7ccccc7)cccc6-c6ccc(-c7ccccc7)cc6)c6ccccc65)c4)cc32)c1. The van der Waals surface area contributed by atoms with Crippen molar-refractivity contribution in [1.82, 2.24) is 9.55 Å². The van der Waals surface area contributed by atoms with E-state index in [0.717, 1.165) is 50.8 Å². The van der Waals surface area contributed by atoms with E-state index in [1.54, 1.807) is 0 Å². The third-order valence-corrected chi connectivity index (χ3v) is 12.3. The maximum Gasteiger partial charge on any atom is 0.137 e. The number of benzene rings is 8. The van der Waals surface area contributed by atoms with Gasteiger partial charge in [-0.25, -0.2) is 4.98 Å². The van der Waals surface area contributed by atoms with Crippen molar-refractivity contribution in [3.8, 4) is 50.7 Å². The number of anilines is 4. The summed E-state index contributed by atoms with van der Waals surface area (Å²) in [4.78, 5) is 9.75. The molecule has 0 radical (unpaired) electrons. The molecule has 2 aromatic heterocycles. The molecule has 8 aromatic carbocycles. The highest BCUT2D eigenvalue weighted by molar-refractivity contribution is 6.09. The number of pyridine rings is 1. The van der Waals surface area contributed by atoms with Gasteiger partial charge in [-0.1, -0.05) is 160 Å². The highest BCUT2D eigenvalue weighted by Gasteiger charge is 2.31. The summed E-state index contributed by atoms with van der Waals surface area (Å²) in [6, 6.07) is 73.4. The molecule has 0 N–H and O–H groups in total. The Hall–Kier alpha value is -7.89. The summed E-state index contributed by atoms with van der Waals surface area (Å²) in [5, 5.41) is 2.34. The third-order valence-electron chi connectivity index (χ3n) is 12.3. The molecule has 0 fully saturated rings. The van der Waals surface area contributed by atoms with Crippen LogP contribution in [0.25, 0.3) is 61.0 Å². The van der Waals surface area contributed by atoms with Gasteiger partial charge in [0.15, 0.2) is 0 Å². The summed E-state index contributed by atoms with van der Waals surface area (Å²) < 4.78 is 9.03. The Morgan fingerprint density at radius 1 is 0.460 bits per heavy atom. The minimum absolute atomic E-state index is 0.00864. The predicted octanol–water partition coefficient (Wildman–Crippen LogP) is 15.5. The Bertz CT molecular complexity index is 3270. The number of nitrogens with zero attached hydrogens (tertiary/aromatic N) is 4. The molecule has 11 rings (SSSR count). The standard InChI is InChI=1S/C58H46N4O/c1-58(2,3)44-34-35-59-56(36-44)62-52-25-11-10-22-50(52)51-33-32-47(38-55(51)62)63-46-21-14-20-45(37-46)60-39-61(54-27-13-12-26-53(54)60)57-48(42-18-8-5-9-19-42)23-15-24-49(57)43-30-28-41(29-31-43)40-16-6-4-7-17-40/h4-38H,39H2,1-3H3. The van der Waals surface area contributed by atoms with E-state index in [-0.39, 0.29) is 5.41 Å². The van der Waals surface area contributed by atoms with Crippen molar-refractivity contribution in [3.63, 3.8) is 0 Å². The van der Waals surface area contributed by atoms with Crippen LogP contribution in [0.3, 0.4) is 0 Å². The summed E-state index contributed by atoms with van der Waals surface area (Å²) >= 11 is 0. The predicted molar refractivity (Wildman–Crippen MR) is 262 cm³/mol. The van der Waals surface area contributed by atoms with Gasteiger partial charge < -0.3 is 14.5 Å². The van der Waals surface area contributed by atoms with E-state index in [1.165, 1.54) is 50.0 Å². The van der Waals surface area contributed by atoms with Crippen molar-refractivity contribution in [2.75, 3.05) is 16.5 Å². The highest BCUT2D eigenvalue weighted by atomic mass is 16.5. The van der Waals surface area contributed by atoms with E-state index in [1.807, 2.05) is 12.3 Å². The molecule has 10 aromatic rings. The maximum absolute atomic E-state index is 6.77. The zero-order valence-corrected chi connectivity index (χ0v) is 35.6. The van der Waals surface area contributed by atoms with Gasteiger partial charge in [-0.15, -0.1) is 0 Å². The quantitative estimate of drug-likeness (QED) is 0.153. The Morgan fingerprint density at radius 2 is 1.05 bits per heavy atom. The molecular formula is C58H46N4O. The van der Waals surface area contributed by atoms with E-state index in [0.29, 0.717) is 6.67 Å². The molecule has 0 bridgehead atoms. The summed E-state index contributed by atoms with van der Waals surface area (Å²) in [5.74, 6) is 2.42. The Morgan fingerprint density at radius 3 is 1.79 bits per heavy atom. The van der Waals surface area contributed by atoms with Gasteiger partial charge in [-0.05, 0) is 87.8 Å². The van der Waals surface area contributed by atoms with E-state index >= 15 is 0 Å². The normalized spacial score (nSPS) is 12.6. The number of rotatable bonds is 8. The van der Waals surface area contributed by atoms with Crippen molar-refractivity contribution in [1.29, 1.82) is 0 Å². The number of fused-ring (bicyclic) bond motifs is 4. The molecular weight excluding hydrogens is 769 g/mol. The number of hydrogen-bond donors (Lipinski definition) is 0. The van der Waals surface area contributed by atoms with Crippen LogP contribution in [0.5, 0.6) is 11.5 Å². The lowest BCUT2D eigenvalue weighted by molar-refractivity contribution is 0.483. The molecule has 304 valence electrons. The molecule has 0 amide bonds. The van der Waals surface area contributed by atoms with E-state index in [2.05, 4.69) is 235 Å². The average Bonchev–Trinajstić information content (AvgIpc) is 3.88. The van der Waals surface area contributed by atoms with E-state index in [4.69, 9.17) is 9.72 Å². The summed E-state index contributed by atoms with van der Waals surface area (Å²) in [6.07, 6.45) is 1.92. The fourth-order valence-electron chi connectivity index (χ4n) is 9.14. The smallest absolute Gasteiger partial charge is 0.137 e. The van der Waals surface area contributed by atoms with Gasteiger partial charge in [0.05, 0.1) is 28.1 Å². The first kappa shape index (κ1) is 38.1. The van der Waals surface area contributed by atoms with Gasteiger partial charge in [0.25, 0.3) is 0 Å². The van der Waals surface area contributed by atoms with Crippen LogP contribution in [0, 0.1) is 0 Å². The largest absolute Gasteiger partial charge is 0.457 e. The Labute approximate surface area is 368 Å². The van der Waals surface area contributed by atoms with Gasteiger partial charge in [-0.2, -0.15) is 0 Å². The van der Waals surface area contributed by atoms with Crippen LogP contribution < -0.4 is 14.5 Å². The van der Waals surface area contributed by atoms with Gasteiger partial charge in [0, 0.05) is 45.9 Å². The first-order chi connectivity index (χ1) is 30.9. The van der Waals surface area contributed by atoms with Crippen molar-refractivity contribution >= 4 is 44.6 Å². The van der Waals surface area contributed by atoms with Gasteiger partial charge in [0.1, 0.15) is 24.0 Å². The zero-order valence-electron chi connectivity index (χ0n) is 35.6. The van der Waals surface area contributed by atoms with Crippen LogP contribution in [0.2, 0.25) is 0 Å². The van der Waals surface area contributed by atoms with Crippen molar-refractivity contribution < 1.29 is 4.74 Å². The van der Waals surface area contributed by atoms with Gasteiger partial charge in [0.2, 0.25) is 0 Å². The second-order valence-corrected chi connectivity index (χ2v) is 17.3. The lowest BCUT2D eigenvalue weighted by atomic mass is 9.88. The number of aromatic nitrogens is 2. The minimum atomic E-state index is -0.00864. The van der Waals surface area contributed by atoms with Crippen LogP contribution in [-0.2, 0) is 5.41 Å². The van der Waals surface area contributed by atoms with Crippen molar-refractivity contribution in [3.05, 3.63) is 218 Å². The van der Waals surface area contributed by atoms with Gasteiger partial charge >= 0.3 is 0 Å². The van der Waals surface area contributed by atoms with Crippen molar-refractivity contribution in [2.45, 2.75) is 26.2 Å². The zero-order chi connectivity index (χ0) is 42.5. The van der Waals surface area contributed by atoms with E-state index in [9.17, 15) is 0 Å². The number of hydrogen-bond acceptors (Lipinski definition) is 4. The molecule has 3 heterocycles. The van der Waals surface area contributed by atoms with Crippen LogP contribution in [0.1, 0.15) is 26.3 Å². The fraction of sp³-hybridized carbons (Fsp3) is 0.0862. The van der Waals surface area contributed by atoms with Crippen LogP contribution >= 0.6 is 0 Å². The molecule has 1 aliphatic heterocycles. The van der Waals surface area contributed by atoms with Crippen LogP contribution in [0.4, 0.5) is 22.7 Å². The summed E-state index contributed by atoms with van der Waals surface area (Å²) in [5.41, 5.74) is 15.0. The summed E-state index contributed by atoms with van der Waals surface area (Å²) in [7, 11) is 0. The van der Waals surface area contributed by atoms with E-state index < -0.39 is 0 Å². The maximum atomic E-state index is 6.77. The highest BCUT2D eigenvalue weighted by Crippen LogP contribution is 2.50. The second-order valence-electron chi connectivity index (χ2n) is 17.3. The number of para-hydroxylation sites is 4. The van der Waals surface area contributed by atoms with Gasteiger partial charge in [-0.3, -0.25) is 4.57 Å². The first-order valence-electron chi connectivity index (χ1n) is 21.6. The Balaban J connectivity index is 0.965. The average molecular weight is 815 g/mol. The number of ether oxygens (including phenoxy) is 1. The first-order valence-corrected chi connectivity index (χ1v) is 21.6. The monoisotopic (exact) mass is 814 g/mol. The Kier molecular flexibility index (Phi) is 9.39. The second kappa shape index (κ2) is 15.5. The molecule has 5 nitrogen and oxygen atoms in total. The molecule has 0 atom stereocenters. The molecule has 1 aliphatic rings. The third kappa shape index (κ3) is 6.98. The molecule has 0 saturated heterocycles. The molecule has 0 aliphatic carbocycles. The molecule has 0 spiro atoms. The van der Waals surface area contributed by atoms with Crippen LogP contribution in [0.15, 0.2) is 212 Å². The molecule has 0 saturated carbocycles. The van der Waals surface area contributed by atoms with Crippen LogP contribution in [-0.4, -0.2) is 16.2 Å². The van der Waals surface area contributed by atoms with Crippen molar-refractivity contribution in [2.24, 2.45) is 0 Å². The lowest BCUT2D eigenvalue weighted by Crippen LogP contribution is -2.25. The fourth-order valence-corrected chi connectivity index (χ4v) is 9.14. The molecule has 0 unspecified atom stereocenters. The lowest BCUT2D eigenvalue weighted by Gasteiger charge is -2.27. The topological polar surface area (TPSA) is 33.5 Å². The molecule has 63 heavy (non-hydrogen) atoms.